The molecular formula is C31H23F3N2O2. The first-order chi connectivity index (χ1) is 18.2. The van der Waals surface area contributed by atoms with E-state index in [0.717, 1.165) is 28.8 Å². The van der Waals surface area contributed by atoms with E-state index in [1.807, 2.05) is 36.4 Å². The Balaban J connectivity index is 1.35. The highest BCUT2D eigenvalue weighted by Gasteiger charge is 2.30. The number of benzene rings is 4. The predicted octanol–water partition coefficient (Wildman–Crippen LogP) is 7.50. The van der Waals surface area contributed by atoms with E-state index in [1.165, 1.54) is 30.4 Å². The summed E-state index contributed by atoms with van der Waals surface area (Å²) in [5.74, 6) is -0.882. The summed E-state index contributed by atoms with van der Waals surface area (Å²) in [5, 5.41) is 2.76. The molecule has 1 amide bonds. The van der Waals surface area contributed by atoms with Gasteiger partial charge in [-0.2, -0.15) is 13.2 Å². The molecule has 0 atom stereocenters. The van der Waals surface area contributed by atoms with Crippen molar-refractivity contribution >= 4 is 35.2 Å². The quantitative estimate of drug-likeness (QED) is 0.153. The number of nitrogens with one attached hydrogen (secondary N) is 1. The molecule has 190 valence electrons. The summed E-state index contributed by atoms with van der Waals surface area (Å²) >= 11 is 0. The van der Waals surface area contributed by atoms with Crippen molar-refractivity contribution < 1.29 is 22.8 Å². The van der Waals surface area contributed by atoms with Crippen LogP contribution in [0.25, 0.3) is 23.3 Å². The van der Waals surface area contributed by atoms with Gasteiger partial charge in [0.25, 0.3) is 0 Å². The molecule has 0 aliphatic rings. The first-order valence-electron chi connectivity index (χ1n) is 11.6. The smallest absolute Gasteiger partial charge is 0.397 e. The lowest BCUT2D eigenvalue weighted by atomic mass is 10.0. The minimum Gasteiger partial charge on any atom is -0.397 e. The Hall–Kier alpha value is -4.91. The van der Waals surface area contributed by atoms with Gasteiger partial charge >= 0.3 is 6.18 Å². The van der Waals surface area contributed by atoms with Crippen LogP contribution in [-0.4, -0.2) is 11.7 Å². The first-order valence-corrected chi connectivity index (χ1v) is 11.6. The Morgan fingerprint density at radius 2 is 1.37 bits per heavy atom. The highest BCUT2D eigenvalue weighted by molar-refractivity contribution is 6.07. The van der Waals surface area contributed by atoms with E-state index in [4.69, 9.17) is 5.73 Å². The molecule has 0 heterocycles. The van der Waals surface area contributed by atoms with Crippen molar-refractivity contribution in [3.63, 3.8) is 0 Å². The zero-order chi connectivity index (χ0) is 27.1. The average molecular weight is 513 g/mol. The van der Waals surface area contributed by atoms with Gasteiger partial charge in [-0.3, -0.25) is 9.59 Å². The van der Waals surface area contributed by atoms with Crippen LogP contribution < -0.4 is 11.1 Å². The number of ketones is 1. The summed E-state index contributed by atoms with van der Waals surface area (Å²) < 4.78 is 38.6. The van der Waals surface area contributed by atoms with Crippen molar-refractivity contribution in [2.45, 2.75) is 6.18 Å². The van der Waals surface area contributed by atoms with Crippen molar-refractivity contribution in [1.29, 1.82) is 0 Å². The Kier molecular flexibility index (Phi) is 7.87. The fourth-order valence-electron chi connectivity index (χ4n) is 3.67. The number of carbonyl (C=O) groups excluding carboxylic acids is 2. The molecule has 4 aromatic carbocycles. The van der Waals surface area contributed by atoms with E-state index >= 15 is 0 Å². The van der Waals surface area contributed by atoms with Crippen LogP contribution in [0.1, 0.15) is 27.0 Å². The van der Waals surface area contributed by atoms with Crippen LogP contribution in [0.3, 0.4) is 0 Å². The molecule has 0 aromatic heterocycles. The van der Waals surface area contributed by atoms with E-state index in [1.54, 1.807) is 42.5 Å². The highest BCUT2D eigenvalue weighted by Crippen LogP contribution is 2.30. The van der Waals surface area contributed by atoms with E-state index in [9.17, 15) is 22.8 Å². The third kappa shape index (κ3) is 6.85. The van der Waals surface area contributed by atoms with Gasteiger partial charge in [-0.1, -0.05) is 78.9 Å². The van der Waals surface area contributed by atoms with Crippen molar-refractivity contribution in [2.75, 3.05) is 11.1 Å². The van der Waals surface area contributed by atoms with Gasteiger partial charge in [0.15, 0.2) is 5.78 Å². The van der Waals surface area contributed by atoms with Gasteiger partial charge in [0.05, 0.1) is 16.9 Å². The summed E-state index contributed by atoms with van der Waals surface area (Å²) in [7, 11) is 0. The summed E-state index contributed by atoms with van der Waals surface area (Å²) in [6, 6.07) is 26.5. The predicted molar refractivity (Wildman–Crippen MR) is 145 cm³/mol. The standard InChI is InChI=1S/C31H23F3N2O2/c32-31(33,34)26-8-4-7-25(19-26)29(37)17-13-21-9-11-22(12-10-21)14-18-30(38)36-28-16-15-24(20-27(28)35)23-5-2-1-3-6-23/h1-20H,35H2,(H,36,38)/b17-13+,18-14+. The second-order valence-corrected chi connectivity index (χ2v) is 8.43. The molecule has 0 spiro atoms. The van der Waals surface area contributed by atoms with Crippen molar-refractivity contribution in [3.8, 4) is 11.1 Å². The fourth-order valence-corrected chi connectivity index (χ4v) is 3.67. The normalized spacial score (nSPS) is 11.7. The molecule has 0 aliphatic carbocycles. The van der Waals surface area contributed by atoms with Gasteiger partial charge in [0, 0.05) is 11.6 Å². The molecule has 0 bridgehead atoms. The molecule has 38 heavy (non-hydrogen) atoms. The lowest BCUT2D eigenvalue weighted by Gasteiger charge is -2.09. The second-order valence-electron chi connectivity index (χ2n) is 8.43. The molecule has 0 saturated carbocycles. The van der Waals surface area contributed by atoms with Crippen LogP contribution in [0, 0.1) is 0 Å². The molecule has 3 N–H and O–H groups in total. The van der Waals surface area contributed by atoms with Crippen molar-refractivity contribution in [2.24, 2.45) is 0 Å². The number of hydrogen-bond donors (Lipinski definition) is 2. The molecule has 0 saturated heterocycles. The minimum absolute atomic E-state index is 0.0445. The number of carbonyl (C=O) groups is 2. The Morgan fingerprint density at radius 1 is 0.711 bits per heavy atom. The largest absolute Gasteiger partial charge is 0.416 e. The van der Waals surface area contributed by atoms with Crippen molar-refractivity contribution in [3.05, 3.63) is 131 Å². The van der Waals surface area contributed by atoms with E-state index in [0.29, 0.717) is 16.9 Å². The fraction of sp³-hybridized carbons (Fsp3) is 0.0323. The minimum atomic E-state index is -4.51. The van der Waals surface area contributed by atoms with Gasteiger partial charge in [-0.25, -0.2) is 0 Å². The van der Waals surface area contributed by atoms with E-state index in [2.05, 4.69) is 5.32 Å². The number of halogens is 3. The van der Waals surface area contributed by atoms with E-state index < -0.39 is 17.5 Å². The van der Waals surface area contributed by atoms with Crippen molar-refractivity contribution in [1.82, 2.24) is 0 Å². The number of nitrogens with two attached hydrogens (primary N) is 1. The average Bonchev–Trinajstić information content (AvgIpc) is 2.92. The topological polar surface area (TPSA) is 72.2 Å². The molecule has 4 aromatic rings. The number of allylic oxidation sites excluding steroid dienone is 1. The summed E-state index contributed by atoms with van der Waals surface area (Å²) in [6.45, 7) is 0. The monoisotopic (exact) mass is 512 g/mol. The van der Waals surface area contributed by atoms with Crippen LogP contribution >= 0.6 is 0 Å². The van der Waals surface area contributed by atoms with Crippen LogP contribution in [0.5, 0.6) is 0 Å². The lowest BCUT2D eigenvalue weighted by molar-refractivity contribution is -0.137. The highest BCUT2D eigenvalue weighted by atomic mass is 19.4. The Labute approximate surface area is 217 Å². The Bertz CT molecular complexity index is 1510. The maximum atomic E-state index is 12.9. The maximum absolute atomic E-state index is 12.9. The van der Waals surface area contributed by atoms with Crippen LogP contribution in [-0.2, 0) is 11.0 Å². The van der Waals surface area contributed by atoms with Gasteiger partial charge in [0.2, 0.25) is 5.91 Å². The molecule has 4 rings (SSSR count). The van der Waals surface area contributed by atoms with E-state index in [-0.39, 0.29) is 11.5 Å². The summed E-state index contributed by atoms with van der Waals surface area (Å²) in [6.07, 6.45) is 1.24. The first kappa shape index (κ1) is 26.2. The summed E-state index contributed by atoms with van der Waals surface area (Å²) in [5.41, 5.74) is 9.56. The Morgan fingerprint density at radius 3 is 2.00 bits per heavy atom. The van der Waals surface area contributed by atoms with Crippen LogP contribution in [0.4, 0.5) is 24.5 Å². The maximum Gasteiger partial charge on any atom is 0.416 e. The molecule has 0 radical (unpaired) electrons. The molecule has 0 aliphatic heterocycles. The second kappa shape index (κ2) is 11.4. The molecular weight excluding hydrogens is 489 g/mol. The third-order valence-electron chi connectivity index (χ3n) is 5.68. The number of rotatable bonds is 7. The van der Waals surface area contributed by atoms with Gasteiger partial charge in [-0.15, -0.1) is 0 Å². The molecule has 0 unspecified atom stereocenters. The van der Waals surface area contributed by atoms with Gasteiger partial charge < -0.3 is 11.1 Å². The SMILES string of the molecule is Nc1cc(-c2ccccc2)ccc1NC(=O)/C=C/c1ccc(/C=C/C(=O)c2cccc(C(F)(F)F)c2)cc1. The zero-order valence-corrected chi connectivity index (χ0v) is 20.1. The van der Waals surface area contributed by atoms with Crippen LogP contribution in [0.15, 0.2) is 109 Å². The van der Waals surface area contributed by atoms with Gasteiger partial charge in [0.1, 0.15) is 0 Å². The number of amides is 1. The third-order valence-corrected chi connectivity index (χ3v) is 5.68. The van der Waals surface area contributed by atoms with Crippen LogP contribution in [0.2, 0.25) is 0 Å². The number of alkyl halides is 3. The number of nitrogen functional groups attached to an aromatic ring is 1. The zero-order valence-electron chi connectivity index (χ0n) is 20.1. The molecule has 0 fully saturated rings. The number of anilines is 2. The summed E-state index contributed by atoms with van der Waals surface area (Å²) in [4.78, 5) is 24.7. The molecule has 7 heteroatoms. The van der Waals surface area contributed by atoms with Gasteiger partial charge in [-0.05, 0) is 58.7 Å². The number of hydrogen-bond acceptors (Lipinski definition) is 3. The lowest BCUT2D eigenvalue weighted by Crippen LogP contribution is -2.09. The molecule has 4 nitrogen and oxygen atoms in total.